The van der Waals surface area contributed by atoms with Crippen molar-refractivity contribution in [3.05, 3.63) is 35.4 Å². The first kappa shape index (κ1) is 13.1. The van der Waals surface area contributed by atoms with E-state index in [9.17, 15) is 4.79 Å². The Morgan fingerprint density at radius 3 is 2.89 bits per heavy atom. The van der Waals surface area contributed by atoms with Crippen molar-refractivity contribution in [3.63, 3.8) is 0 Å². The molecule has 1 aromatic carbocycles. The van der Waals surface area contributed by atoms with Crippen LogP contribution < -0.4 is 5.32 Å². The zero-order chi connectivity index (χ0) is 13.0. The van der Waals surface area contributed by atoms with Gasteiger partial charge in [-0.15, -0.1) is 0 Å². The Morgan fingerprint density at radius 1 is 1.44 bits per heavy atom. The van der Waals surface area contributed by atoms with Crippen LogP contribution in [0.2, 0.25) is 0 Å². The number of hydrogen-bond donors (Lipinski definition) is 1. The molecule has 1 saturated heterocycles. The average molecular weight is 246 g/mol. The highest BCUT2D eigenvalue weighted by molar-refractivity contribution is 5.95. The minimum Gasteiger partial charge on any atom is -0.337 e. The van der Waals surface area contributed by atoms with Gasteiger partial charge in [0.05, 0.1) is 0 Å². The number of piperidine rings is 1. The maximum absolute atomic E-state index is 12.5. The number of carbonyl (C=O) groups excluding carboxylic acids is 1. The van der Waals surface area contributed by atoms with E-state index in [0.29, 0.717) is 6.04 Å². The van der Waals surface area contributed by atoms with Gasteiger partial charge in [-0.2, -0.15) is 0 Å². The van der Waals surface area contributed by atoms with Crippen molar-refractivity contribution >= 4 is 5.91 Å². The number of benzene rings is 1. The first-order valence-electron chi connectivity index (χ1n) is 6.79. The molecule has 0 radical (unpaired) electrons. The molecule has 1 atom stereocenters. The Labute approximate surface area is 109 Å². The lowest BCUT2D eigenvalue weighted by Crippen LogP contribution is -2.46. The van der Waals surface area contributed by atoms with E-state index in [-0.39, 0.29) is 5.91 Å². The molecule has 0 aromatic heterocycles. The van der Waals surface area contributed by atoms with E-state index >= 15 is 0 Å². The van der Waals surface area contributed by atoms with Gasteiger partial charge < -0.3 is 10.2 Å². The van der Waals surface area contributed by atoms with Crippen LogP contribution >= 0.6 is 0 Å². The Bertz CT molecular complexity index is 411. The largest absolute Gasteiger partial charge is 0.337 e. The topological polar surface area (TPSA) is 32.3 Å². The molecule has 1 unspecified atom stereocenters. The summed E-state index contributed by atoms with van der Waals surface area (Å²) in [6.07, 6.45) is 3.15. The van der Waals surface area contributed by atoms with Gasteiger partial charge in [0.1, 0.15) is 0 Å². The molecule has 1 fully saturated rings. The third kappa shape index (κ3) is 2.72. The molecule has 0 bridgehead atoms. The van der Waals surface area contributed by atoms with E-state index in [1.165, 1.54) is 0 Å². The van der Waals surface area contributed by atoms with Crippen LogP contribution in [-0.4, -0.2) is 37.0 Å². The van der Waals surface area contributed by atoms with Crippen LogP contribution in [0.25, 0.3) is 0 Å². The molecule has 0 spiro atoms. The summed E-state index contributed by atoms with van der Waals surface area (Å²) in [4.78, 5) is 14.4. The molecule has 98 valence electrons. The molecule has 18 heavy (non-hydrogen) atoms. The van der Waals surface area contributed by atoms with Gasteiger partial charge in [-0.05, 0) is 37.4 Å². The maximum atomic E-state index is 12.5. The first-order valence-corrected chi connectivity index (χ1v) is 6.79. The van der Waals surface area contributed by atoms with E-state index in [4.69, 9.17) is 0 Å². The highest BCUT2D eigenvalue weighted by Crippen LogP contribution is 2.16. The Hall–Kier alpha value is -1.35. The van der Waals surface area contributed by atoms with Crippen LogP contribution in [-0.2, 0) is 6.42 Å². The van der Waals surface area contributed by atoms with E-state index < -0.39 is 0 Å². The molecule has 2 rings (SSSR count). The number of carbonyl (C=O) groups is 1. The van der Waals surface area contributed by atoms with Gasteiger partial charge >= 0.3 is 0 Å². The fraction of sp³-hybridized carbons (Fsp3) is 0.533. The Morgan fingerprint density at radius 2 is 2.22 bits per heavy atom. The van der Waals surface area contributed by atoms with E-state index in [0.717, 1.165) is 43.5 Å². The molecular formula is C15H22N2O. The minimum atomic E-state index is 0.154. The first-order chi connectivity index (χ1) is 8.74. The van der Waals surface area contributed by atoms with Gasteiger partial charge in [-0.25, -0.2) is 0 Å². The summed E-state index contributed by atoms with van der Waals surface area (Å²) >= 11 is 0. The minimum absolute atomic E-state index is 0.154. The molecule has 3 heteroatoms. The molecule has 1 heterocycles. The number of nitrogens with zero attached hydrogens (tertiary/aromatic N) is 1. The van der Waals surface area contributed by atoms with Crippen molar-refractivity contribution in [2.45, 2.75) is 32.2 Å². The van der Waals surface area contributed by atoms with Crippen LogP contribution in [0.4, 0.5) is 0 Å². The van der Waals surface area contributed by atoms with Crippen LogP contribution in [0.5, 0.6) is 0 Å². The van der Waals surface area contributed by atoms with Gasteiger partial charge in [-0.3, -0.25) is 4.79 Å². The summed E-state index contributed by atoms with van der Waals surface area (Å²) in [6, 6.07) is 8.25. The highest BCUT2D eigenvalue weighted by Gasteiger charge is 2.23. The summed E-state index contributed by atoms with van der Waals surface area (Å²) in [5.74, 6) is 0.154. The van der Waals surface area contributed by atoms with Crippen molar-refractivity contribution in [2.24, 2.45) is 0 Å². The van der Waals surface area contributed by atoms with Gasteiger partial charge in [0.2, 0.25) is 0 Å². The van der Waals surface area contributed by atoms with Crippen molar-refractivity contribution in [2.75, 3.05) is 20.1 Å². The second-order valence-electron chi connectivity index (χ2n) is 4.93. The Kier molecular flexibility index (Phi) is 4.37. The fourth-order valence-electron chi connectivity index (χ4n) is 2.56. The standard InChI is InChI=1S/C15H22N2O/c1-3-12-7-4-5-9-14(12)15(18)17(2)13-8-6-10-16-11-13/h4-5,7,9,13,16H,3,6,8,10-11H2,1-2H3. The third-order valence-corrected chi connectivity index (χ3v) is 3.77. The second-order valence-corrected chi connectivity index (χ2v) is 4.93. The number of amides is 1. The summed E-state index contributed by atoms with van der Waals surface area (Å²) in [5, 5.41) is 3.36. The summed E-state index contributed by atoms with van der Waals surface area (Å²) in [7, 11) is 1.92. The highest BCUT2D eigenvalue weighted by atomic mass is 16.2. The lowest BCUT2D eigenvalue weighted by molar-refractivity contribution is 0.0707. The van der Waals surface area contributed by atoms with Crippen LogP contribution in [0.3, 0.4) is 0 Å². The molecule has 1 aromatic rings. The number of likely N-dealkylation sites (N-methyl/N-ethyl adjacent to an activating group) is 1. The zero-order valence-corrected chi connectivity index (χ0v) is 11.3. The van der Waals surface area contributed by atoms with Crippen LogP contribution in [0, 0.1) is 0 Å². The predicted molar refractivity (Wildman–Crippen MR) is 73.8 cm³/mol. The van der Waals surface area contributed by atoms with E-state index in [1.54, 1.807) is 0 Å². The number of hydrogen-bond acceptors (Lipinski definition) is 2. The van der Waals surface area contributed by atoms with E-state index in [1.807, 2.05) is 36.2 Å². The predicted octanol–water partition coefficient (Wildman–Crippen LogP) is 2.07. The van der Waals surface area contributed by atoms with Crippen molar-refractivity contribution in [1.29, 1.82) is 0 Å². The lowest BCUT2D eigenvalue weighted by atomic mass is 10.0. The lowest BCUT2D eigenvalue weighted by Gasteiger charge is -2.32. The maximum Gasteiger partial charge on any atom is 0.254 e. The Balaban J connectivity index is 2.14. The molecule has 0 aliphatic carbocycles. The molecule has 3 nitrogen and oxygen atoms in total. The third-order valence-electron chi connectivity index (χ3n) is 3.77. The molecule has 1 aliphatic heterocycles. The molecule has 1 aliphatic rings. The van der Waals surface area contributed by atoms with Gasteiger partial charge in [0, 0.05) is 25.2 Å². The number of nitrogens with one attached hydrogen (secondary N) is 1. The van der Waals surface area contributed by atoms with Crippen LogP contribution in [0.15, 0.2) is 24.3 Å². The van der Waals surface area contributed by atoms with Crippen molar-refractivity contribution < 1.29 is 4.79 Å². The summed E-state index contributed by atoms with van der Waals surface area (Å²) < 4.78 is 0. The van der Waals surface area contributed by atoms with Crippen LogP contribution in [0.1, 0.15) is 35.7 Å². The fourth-order valence-corrected chi connectivity index (χ4v) is 2.56. The summed E-state index contributed by atoms with van der Waals surface area (Å²) in [6.45, 7) is 4.08. The van der Waals surface area contributed by atoms with Crippen molar-refractivity contribution in [3.8, 4) is 0 Å². The van der Waals surface area contributed by atoms with Gasteiger partial charge in [0.25, 0.3) is 5.91 Å². The number of rotatable bonds is 3. The smallest absolute Gasteiger partial charge is 0.254 e. The molecular weight excluding hydrogens is 224 g/mol. The monoisotopic (exact) mass is 246 g/mol. The van der Waals surface area contributed by atoms with Gasteiger partial charge in [0.15, 0.2) is 0 Å². The quantitative estimate of drug-likeness (QED) is 0.885. The summed E-state index contributed by atoms with van der Waals surface area (Å²) in [5.41, 5.74) is 1.99. The molecule has 1 N–H and O–H groups in total. The normalized spacial score (nSPS) is 19.6. The SMILES string of the molecule is CCc1ccccc1C(=O)N(C)C1CCCNC1. The zero-order valence-electron chi connectivity index (χ0n) is 11.3. The van der Waals surface area contributed by atoms with Gasteiger partial charge in [-0.1, -0.05) is 25.1 Å². The average Bonchev–Trinajstić information content (AvgIpc) is 2.46. The molecule has 1 amide bonds. The second kappa shape index (κ2) is 6.01. The van der Waals surface area contributed by atoms with E-state index in [2.05, 4.69) is 12.2 Å². The number of aryl methyl sites for hydroxylation is 1. The molecule has 0 saturated carbocycles. The van der Waals surface area contributed by atoms with Crippen molar-refractivity contribution in [1.82, 2.24) is 10.2 Å².